The Kier molecular flexibility index (Phi) is 6.71. The Balaban J connectivity index is 0.000000230. The van der Waals surface area contributed by atoms with Crippen LogP contribution in [0, 0.1) is 12.7 Å². The maximum Gasteiger partial charge on any atom is 0.125 e. The summed E-state index contributed by atoms with van der Waals surface area (Å²) in [6, 6.07) is 14.5. The maximum atomic E-state index is 12.2. The van der Waals surface area contributed by atoms with Crippen LogP contribution in [0.2, 0.25) is 0 Å². The zero-order valence-corrected chi connectivity index (χ0v) is 19.0. The number of nitrogens with zero attached hydrogens (tertiary/aromatic N) is 3. The second kappa shape index (κ2) is 9.83. The van der Waals surface area contributed by atoms with Crippen LogP contribution in [0.3, 0.4) is 0 Å². The summed E-state index contributed by atoms with van der Waals surface area (Å²) in [7, 11) is 1.80. The highest BCUT2D eigenvalue weighted by Gasteiger charge is 2.18. The molecule has 0 fully saturated rings. The third kappa shape index (κ3) is 4.92. The number of aromatic nitrogens is 3. The molecule has 0 amide bonds. The summed E-state index contributed by atoms with van der Waals surface area (Å²) in [5, 5.41) is 3.88. The third-order valence-corrected chi connectivity index (χ3v) is 6.54. The molecule has 3 aromatic heterocycles. The molecule has 162 valence electrons. The molecule has 5 rings (SSSR count). The number of thiazole rings is 1. The Bertz CT molecular complexity index is 1220. The molecule has 4 nitrogen and oxygen atoms in total. The van der Waals surface area contributed by atoms with Gasteiger partial charge in [-0.25, -0.2) is 14.4 Å². The highest BCUT2D eigenvalue weighted by molar-refractivity contribution is 7.18. The van der Waals surface area contributed by atoms with Crippen molar-refractivity contribution in [1.82, 2.24) is 15.0 Å². The molecule has 0 saturated heterocycles. The van der Waals surface area contributed by atoms with Gasteiger partial charge in [0.2, 0.25) is 0 Å². The number of anilines is 1. The largest absolute Gasteiger partial charge is 0.388 e. The molecule has 0 aliphatic heterocycles. The van der Waals surface area contributed by atoms with Crippen LogP contribution in [0.25, 0.3) is 26.7 Å². The number of fused-ring (bicyclic) bond motifs is 1. The van der Waals surface area contributed by atoms with Gasteiger partial charge in [0.1, 0.15) is 10.8 Å². The lowest BCUT2D eigenvalue weighted by atomic mass is 9.92. The summed E-state index contributed by atoms with van der Waals surface area (Å²) < 4.78 is 12.2. The van der Waals surface area contributed by atoms with Crippen LogP contribution < -0.4 is 5.32 Å². The van der Waals surface area contributed by atoms with Gasteiger partial charge < -0.3 is 5.32 Å². The summed E-state index contributed by atoms with van der Waals surface area (Å²) >= 11 is 1.67. The molecule has 0 atom stereocenters. The first-order valence-electron chi connectivity index (χ1n) is 10.5. The molecular formula is C26H25FN4S. The molecule has 3 heterocycles. The minimum absolute atomic E-state index is 0.200. The van der Waals surface area contributed by atoms with E-state index in [1.165, 1.54) is 24.1 Å². The van der Waals surface area contributed by atoms with E-state index in [4.69, 9.17) is 9.97 Å². The first-order valence-corrected chi connectivity index (χ1v) is 11.4. The number of pyridine rings is 2. The van der Waals surface area contributed by atoms with Crippen molar-refractivity contribution in [3.05, 3.63) is 90.3 Å². The van der Waals surface area contributed by atoms with Crippen molar-refractivity contribution >= 4 is 22.6 Å². The van der Waals surface area contributed by atoms with E-state index in [9.17, 15) is 4.39 Å². The third-order valence-electron chi connectivity index (χ3n) is 5.31. The van der Waals surface area contributed by atoms with E-state index in [2.05, 4.69) is 29.0 Å². The van der Waals surface area contributed by atoms with E-state index >= 15 is 0 Å². The normalized spacial score (nSPS) is 12.5. The number of halogens is 1. The van der Waals surface area contributed by atoms with Gasteiger partial charge in [0.25, 0.3) is 0 Å². The zero-order valence-electron chi connectivity index (χ0n) is 18.2. The smallest absolute Gasteiger partial charge is 0.125 e. The van der Waals surface area contributed by atoms with Crippen LogP contribution in [0.5, 0.6) is 0 Å². The molecule has 0 unspecified atom stereocenters. The summed E-state index contributed by atoms with van der Waals surface area (Å²) in [5.41, 5.74) is 7.55. The van der Waals surface area contributed by atoms with Gasteiger partial charge in [-0.15, -0.1) is 11.3 Å². The summed E-state index contributed by atoms with van der Waals surface area (Å²) in [6.45, 7) is 6.23. The molecule has 6 heteroatoms. The highest BCUT2D eigenvalue weighted by atomic mass is 32.1. The number of benzene rings is 1. The molecule has 1 N–H and O–H groups in total. The summed E-state index contributed by atoms with van der Waals surface area (Å²) in [5.74, 6) is -0.200. The number of rotatable bonds is 3. The fourth-order valence-corrected chi connectivity index (χ4v) is 4.62. The topological polar surface area (TPSA) is 50.7 Å². The molecule has 0 bridgehead atoms. The van der Waals surface area contributed by atoms with E-state index in [1.54, 1.807) is 36.7 Å². The van der Waals surface area contributed by atoms with E-state index in [0.29, 0.717) is 0 Å². The first-order chi connectivity index (χ1) is 15.5. The standard InChI is InChI=1S/C19H17N3S.C7H8FN/c1-12-5-3-6-14-8-9-16(22-17(12)14)18-13(2)21-19(23-18)15-7-4-10-20-11-15;1-9-7-4-2-6(8)3-5-7/h4,7-11H,1,3,5-6H2,2H3;2-5,9H,1H3. The molecular weight excluding hydrogens is 419 g/mol. The van der Waals surface area contributed by atoms with Gasteiger partial charge in [-0.2, -0.15) is 0 Å². The zero-order chi connectivity index (χ0) is 22.5. The molecule has 0 spiro atoms. The lowest BCUT2D eigenvalue weighted by molar-refractivity contribution is 0.628. The van der Waals surface area contributed by atoms with Gasteiger partial charge in [0.15, 0.2) is 0 Å². The van der Waals surface area contributed by atoms with Gasteiger partial charge in [0.05, 0.1) is 22.0 Å². The number of aryl methyl sites for hydroxylation is 2. The van der Waals surface area contributed by atoms with Gasteiger partial charge in [-0.3, -0.25) is 4.98 Å². The number of hydrogen-bond acceptors (Lipinski definition) is 5. The lowest BCUT2D eigenvalue weighted by Crippen LogP contribution is -2.04. The van der Waals surface area contributed by atoms with Crippen molar-refractivity contribution in [1.29, 1.82) is 0 Å². The minimum atomic E-state index is -0.200. The van der Waals surface area contributed by atoms with E-state index in [1.807, 2.05) is 25.3 Å². The quantitative estimate of drug-likeness (QED) is 0.378. The highest BCUT2D eigenvalue weighted by Crippen LogP contribution is 2.36. The van der Waals surface area contributed by atoms with Gasteiger partial charge in [-0.05, 0) is 79.8 Å². The Hall–Kier alpha value is -3.38. The molecule has 0 saturated carbocycles. The molecule has 1 aliphatic rings. The van der Waals surface area contributed by atoms with Crippen molar-refractivity contribution in [2.45, 2.75) is 26.2 Å². The summed E-state index contributed by atoms with van der Waals surface area (Å²) in [6.07, 6.45) is 6.96. The fraction of sp³-hybridized carbons (Fsp3) is 0.192. The maximum absolute atomic E-state index is 12.2. The molecule has 4 aromatic rings. The Morgan fingerprint density at radius 3 is 2.56 bits per heavy atom. The molecule has 1 aromatic carbocycles. The predicted molar refractivity (Wildman–Crippen MR) is 131 cm³/mol. The van der Waals surface area contributed by atoms with Crippen LogP contribution in [0.4, 0.5) is 10.1 Å². The van der Waals surface area contributed by atoms with Crippen molar-refractivity contribution in [2.24, 2.45) is 0 Å². The Morgan fingerprint density at radius 2 is 1.84 bits per heavy atom. The second-order valence-electron chi connectivity index (χ2n) is 7.59. The van der Waals surface area contributed by atoms with Crippen molar-refractivity contribution in [2.75, 3.05) is 12.4 Å². The fourth-order valence-electron chi connectivity index (χ4n) is 3.60. The minimum Gasteiger partial charge on any atom is -0.388 e. The Labute approximate surface area is 191 Å². The van der Waals surface area contributed by atoms with Crippen LogP contribution in [-0.4, -0.2) is 22.0 Å². The first kappa shape index (κ1) is 21.8. The van der Waals surface area contributed by atoms with E-state index in [-0.39, 0.29) is 5.82 Å². The van der Waals surface area contributed by atoms with Crippen LogP contribution in [0.1, 0.15) is 29.8 Å². The van der Waals surface area contributed by atoms with Gasteiger partial charge >= 0.3 is 0 Å². The molecule has 0 radical (unpaired) electrons. The van der Waals surface area contributed by atoms with Crippen molar-refractivity contribution < 1.29 is 4.39 Å². The number of hydrogen-bond donors (Lipinski definition) is 1. The van der Waals surface area contributed by atoms with E-state index < -0.39 is 0 Å². The van der Waals surface area contributed by atoms with Crippen molar-refractivity contribution in [3.8, 4) is 21.1 Å². The van der Waals surface area contributed by atoms with Crippen molar-refractivity contribution in [3.63, 3.8) is 0 Å². The SMILES string of the molecule is C=C1CCCc2ccc(-c3sc(-c4cccnc4)nc3C)nc21.CNc1ccc(F)cc1. The second-order valence-corrected chi connectivity index (χ2v) is 8.59. The average Bonchev–Trinajstić information content (AvgIpc) is 3.22. The Morgan fingerprint density at radius 1 is 1.03 bits per heavy atom. The van der Waals surface area contributed by atoms with Gasteiger partial charge in [0, 0.05) is 30.7 Å². The predicted octanol–water partition coefficient (Wildman–Crippen LogP) is 6.79. The molecule has 32 heavy (non-hydrogen) atoms. The molecule has 1 aliphatic carbocycles. The van der Waals surface area contributed by atoms with Crippen LogP contribution in [0.15, 0.2) is 67.5 Å². The average molecular weight is 445 g/mol. The monoisotopic (exact) mass is 444 g/mol. The number of nitrogens with one attached hydrogen (secondary N) is 1. The summed E-state index contributed by atoms with van der Waals surface area (Å²) in [4.78, 5) is 14.9. The lowest BCUT2D eigenvalue weighted by Gasteiger charge is -2.17. The van der Waals surface area contributed by atoms with Gasteiger partial charge in [-0.1, -0.05) is 12.6 Å². The number of allylic oxidation sites excluding steroid dienone is 1. The van der Waals surface area contributed by atoms with Crippen LogP contribution in [-0.2, 0) is 6.42 Å². The van der Waals surface area contributed by atoms with Crippen LogP contribution >= 0.6 is 11.3 Å². The van der Waals surface area contributed by atoms with E-state index in [0.717, 1.165) is 56.6 Å².